The van der Waals surface area contributed by atoms with Crippen molar-refractivity contribution in [3.63, 3.8) is 0 Å². The van der Waals surface area contributed by atoms with Crippen LogP contribution in [0.1, 0.15) is 25.8 Å². The second-order valence-electron chi connectivity index (χ2n) is 5.39. The Morgan fingerprint density at radius 1 is 1.19 bits per heavy atom. The van der Waals surface area contributed by atoms with E-state index in [4.69, 9.17) is 5.73 Å². The van der Waals surface area contributed by atoms with Crippen molar-refractivity contribution in [1.29, 1.82) is 0 Å². The topological polar surface area (TPSA) is 29.3 Å². The van der Waals surface area contributed by atoms with E-state index in [2.05, 4.69) is 43.9 Å². The minimum absolute atomic E-state index is 0.784. The molecule has 2 unspecified atom stereocenters. The molecular weight excluding hydrogens is 196 g/mol. The number of aryl methyl sites for hydroxylation is 1. The summed E-state index contributed by atoms with van der Waals surface area (Å²) < 4.78 is 0. The van der Waals surface area contributed by atoms with Gasteiger partial charge in [-0.3, -0.25) is 0 Å². The Morgan fingerprint density at radius 3 is 2.38 bits per heavy atom. The van der Waals surface area contributed by atoms with Crippen molar-refractivity contribution in [2.24, 2.45) is 11.8 Å². The van der Waals surface area contributed by atoms with E-state index in [-0.39, 0.29) is 0 Å². The van der Waals surface area contributed by atoms with Crippen LogP contribution in [-0.2, 0) is 0 Å². The molecule has 1 aromatic rings. The molecular formula is C14H22N2. The van der Waals surface area contributed by atoms with E-state index >= 15 is 0 Å². The molecule has 2 nitrogen and oxygen atoms in total. The van der Waals surface area contributed by atoms with Crippen LogP contribution >= 0.6 is 0 Å². The number of nitrogens with two attached hydrogens (primary N) is 1. The van der Waals surface area contributed by atoms with Crippen LogP contribution < -0.4 is 10.6 Å². The minimum Gasteiger partial charge on any atom is -0.398 e. The monoisotopic (exact) mass is 218 g/mol. The first kappa shape index (κ1) is 11.3. The highest BCUT2D eigenvalue weighted by atomic mass is 15.1. The van der Waals surface area contributed by atoms with Crippen molar-refractivity contribution in [2.45, 2.75) is 27.2 Å². The van der Waals surface area contributed by atoms with Crippen LogP contribution in [0.5, 0.6) is 0 Å². The van der Waals surface area contributed by atoms with Gasteiger partial charge in [-0.2, -0.15) is 0 Å². The molecule has 0 aromatic heterocycles. The first-order valence-corrected chi connectivity index (χ1v) is 6.17. The average molecular weight is 218 g/mol. The summed E-state index contributed by atoms with van der Waals surface area (Å²) in [5, 5.41) is 0. The van der Waals surface area contributed by atoms with Gasteiger partial charge >= 0.3 is 0 Å². The number of benzene rings is 1. The van der Waals surface area contributed by atoms with Crippen molar-refractivity contribution in [2.75, 3.05) is 23.7 Å². The van der Waals surface area contributed by atoms with Gasteiger partial charge < -0.3 is 10.6 Å². The Hall–Kier alpha value is -1.18. The van der Waals surface area contributed by atoms with Crippen molar-refractivity contribution in [3.05, 3.63) is 23.8 Å². The lowest BCUT2D eigenvalue weighted by atomic mass is 9.91. The molecule has 16 heavy (non-hydrogen) atoms. The molecule has 0 bridgehead atoms. The number of nitrogen functional groups attached to an aromatic ring is 1. The number of hydrogen-bond donors (Lipinski definition) is 1. The van der Waals surface area contributed by atoms with Gasteiger partial charge in [-0.25, -0.2) is 0 Å². The van der Waals surface area contributed by atoms with Crippen molar-refractivity contribution in [1.82, 2.24) is 0 Å². The van der Waals surface area contributed by atoms with E-state index in [9.17, 15) is 0 Å². The van der Waals surface area contributed by atoms with Crippen molar-refractivity contribution < 1.29 is 0 Å². The van der Waals surface area contributed by atoms with Crippen molar-refractivity contribution >= 4 is 11.4 Å². The van der Waals surface area contributed by atoms with Gasteiger partial charge in [0.25, 0.3) is 0 Å². The third kappa shape index (κ3) is 2.31. The fraction of sp³-hybridized carbons (Fsp3) is 0.571. The Kier molecular flexibility index (Phi) is 3.08. The van der Waals surface area contributed by atoms with E-state index in [1.54, 1.807) is 0 Å². The first-order valence-electron chi connectivity index (χ1n) is 6.17. The quantitative estimate of drug-likeness (QED) is 0.734. The van der Waals surface area contributed by atoms with Crippen LogP contribution in [0.15, 0.2) is 18.2 Å². The molecule has 0 amide bonds. The molecule has 88 valence electrons. The summed E-state index contributed by atoms with van der Waals surface area (Å²) in [4.78, 5) is 2.47. The summed E-state index contributed by atoms with van der Waals surface area (Å²) >= 11 is 0. The zero-order valence-electron chi connectivity index (χ0n) is 10.5. The Balaban J connectivity index is 2.19. The Bertz CT molecular complexity index is 363. The maximum Gasteiger partial charge on any atom is 0.0387 e. The van der Waals surface area contributed by atoms with E-state index < -0.39 is 0 Å². The van der Waals surface area contributed by atoms with Gasteiger partial charge in [-0.05, 0) is 42.9 Å². The fourth-order valence-electron chi connectivity index (χ4n) is 2.70. The standard InChI is InChI=1S/C14H22N2/c1-10-6-11(2)9-16(8-10)13-5-4-12(3)14(15)7-13/h4-5,7,10-11H,6,8-9,15H2,1-3H3. The predicted octanol–water partition coefficient (Wildman–Crippen LogP) is 3.06. The maximum absolute atomic E-state index is 5.97. The molecule has 1 fully saturated rings. The Morgan fingerprint density at radius 2 is 1.81 bits per heavy atom. The van der Waals surface area contributed by atoms with Crippen LogP contribution in [0.3, 0.4) is 0 Å². The van der Waals surface area contributed by atoms with Gasteiger partial charge in [-0.1, -0.05) is 19.9 Å². The highest BCUT2D eigenvalue weighted by Crippen LogP contribution is 2.28. The highest BCUT2D eigenvalue weighted by molar-refractivity contribution is 5.59. The normalized spacial score (nSPS) is 25.8. The van der Waals surface area contributed by atoms with Gasteiger partial charge in [-0.15, -0.1) is 0 Å². The third-order valence-electron chi connectivity index (χ3n) is 3.50. The summed E-state index contributed by atoms with van der Waals surface area (Å²) in [6.45, 7) is 9.04. The van der Waals surface area contributed by atoms with Gasteiger partial charge in [0.1, 0.15) is 0 Å². The SMILES string of the molecule is Cc1ccc(N2CC(C)CC(C)C2)cc1N. The maximum atomic E-state index is 5.97. The third-order valence-corrected chi connectivity index (χ3v) is 3.50. The lowest BCUT2D eigenvalue weighted by molar-refractivity contribution is 0.357. The summed E-state index contributed by atoms with van der Waals surface area (Å²) in [6, 6.07) is 6.42. The molecule has 1 aliphatic heterocycles. The fourth-order valence-corrected chi connectivity index (χ4v) is 2.70. The number of hydrogen-bond acceptors (Lipinski definition) is 2. The van der Waals surface area contributed by atoms with E-state index in [0.29, 0.717) is 0 Å². The summed E-state index contributed by atoms with van der Waals surface area (Å²) in [5.41, 5.74) is 9.32. The molecule has 2 N–H and O–H groups in total. The summed E-state index contributed by atoms with van der Waals surface area (Å²) in [7, 11) is 0. The molecule has 1 aromatic carbocycles. The lowest BCUT2D eigenvalue weighted by Gasteiger charge is -2.36. The number of rotatable bonds is 1. The molecule has 1 heterocycles. The van der Waals surface area contributed by atoms with E-state index in [1.807, 2.05) is 0 Å². The molecule has 0 spiro atoms. The molecule has 2 rings (SSSR count). The molecule has 0 saturated carbocycles. The van der Waals surface area contributed by atoms with Crippen LogP contribution in [0, 0.1) is 18.8 Å². The van der Waals surface area contributed by atoms with Gasteiger partial charge in [0, 0.05) is 24.5 Å². The summed E-state index contributed by atoms with van der Waals surface area (Å²) in [5.74, 6) is 1.57. The lowest BCUT2D eigenvalue weighted by Crippen LogP contribution is -2.38. The second kappa shape index (κ2) is 4.36. The van der Waals surface area contributed by atoms with Crippen LogP contribution in [0.4, 0.5) is 11.4 Å². The minimum atomic E-state index is 0.784. The molecule has 2 heteroatoms. The Labute approximate surface area is 98.4 Å². The number of anilines is 2. The van der Waals surface area contributed by atoms with E-state index in [0.717, 1.165) is 30.6 Å². The van der Waals surface area contributed by atoms with Crippen molar-refractivity contribution in [3.8, 4) is 0 Å². The van der Waals surface area contributed by atoms with Gasteiger partial charge in [0.2, 0.25) is 0 Å². The van der Waals surface area contributed by atoms with Gasteiger partial charge in [0.05, 0.1) is 0 Å². The average Bonchev–Trinajstić information content (AvgIpc) is 2.20. The van der Waals surface area contributed by atoms with Gasteiger partial charge in [0.15, 0.2) is 0 Å². The number of piperidine rings is 1. The van der Waals surface area contributed by atoms with E-state index in [1.165, 1.54) is 17.7 Å². The molecule has 1 aliphatic rings. The van der Waals surface area contributed by atoms with Crippen LogP contribution in [0.25, 0.3) is 0 Å². The summed E-state index contributed by atoms with van der Waals surface area (Å²) in [6.07, 6.45) is 1.35. The molecule has 1 saturated heterocycles. The molecule has 2 atom stereocenters. The zero-order valence-corrected chi connectivity index (χ0v) is 10.5. The largest absolute Gasteiger partial charge is 0.398 e. The van der Waals surface area contributed by atoms with Crippen LogP contribution in [-0.4, -0.2) is 13.1 Å². The smallest absolute Gasteiger partial charge is 0.0387 e. The molecule has 0 aliphatic carbocycles. The molecule has 0 radical (unpaired) electrons. The van der Waals surface area contributed by atoms with Crippen LogP contribution in [0.2, 0.25) is 0 Å². The number of nitrogens with zero attached hydrogens (tertiary/aromatic N) is 1. The second-order valence-corrected chi connectivity index (χ2v) is 5.39. The highest BCUT2D eigenvalue weighted by Gasteiger charge is 2.21. The predicted molar refractivity (Wildman–Crippen MR) is 70.7 cm³/mol. The zero-order chi connectivity index (χ0) is 11.7. The first-order chi connectivity index (χ1) is 7.56.